The molecular formula is C12H11N3O3S. The first kappa shape index (κ1) is 11.9. The second-order valence-electron chi connectivity index (χ2n) is 4.43. The highest BCUT2D eigenvalue weighted by molar-refractivity contribution is 7.71. The number of H-pyrrole nitrogens is 1. The molecule has 1 aliphatic carbocycles. The van der Waals surface area contributed by atoms with Crippen molar-refractivity contribution in [2.24, 2.45) is 0 Å². The number of fused-ring (bicyclic) bond motifs is 1. The monoisotopic (exact) mass is 277 g/mol. The van der Waals surface area contributed by atoms with Gasteiger partial charge in [-0.1, -0.05) is 0 Å². The lowest BCUT2D eigenvalue weighted by Crippen LogP contribution is -2.36. The van der Waals surface area contributed by atoms with Gasteiger partial charge in [0.05, 0.1) is 5.52 Å². The van der Waals surface area contributed by atoms with E-state index >= 15 is 0 Å². The molecule has 6 nitrogen and oxygen atoms in total. The molecule has 0 spiro atoms. The van der Waals surface area contributed by atoms with Crippen LogP contribution in [0.4, 0.5) is 5.69 Å². The number of hydrogen-bond acceptors (Lipinski definition) is 4. The van der Waals surface area contributed by atoms with E-state index in [0.29, 0.717) is 11.3 Å². The maximum atomic E-state index is 11.6. The molecule has 1 heterocycles. The van der Waals surface area contributed by atoms with Crippen LogP contribution in [0.1, 0.15) is 12.8 Å². The van der Waals surface area contributed by atoms with Gasteiger partial charge < -0.3 is 20.0 Å². The Kier molecular flexibility index (Phi) is 2.83. The predicted molar refractivity (Wildman–Crippen MR) is 71.2 cm³/mol. The van der Waals surface area contributed by atoms with Crippen LogP contribution in [0.3, 0.4) is 0 Å². The summed E-state index contributed by atoms with van der Waals surface area (Å²) in [6.45, 7) is 0. The molecule has 98 valence electrons. The second kappa shape index (κ2) is 4.51. The second-order valence-corrected chi connectivity index (χ2v) is 4.80. The van der Waals surface area contributed by atoms with Crippen molar-refractivity contribution in [3.8, 4) is 0 Å². The zero-order valence-corrected chi connectivity index (χ0v) is 10.7. The minimum absolute atomic E-state index is 0.156. The Morgan fingerprint density at radius 1 is 1.32 bits per heavy atom. The Labute approximate surface area is 113 Å². The lowest BCUT2D eigenvalue weighted by molar-refractivity contribution is -0.136. The van der Waals surface area contributed by atoms with Gasteiger partial charge in [-0.3, -0.25) is 9.59 Å². The highest BCUT2D eigenvalue weighted by Gasteiger charge is 2.26. The smallest absolute Gasteiger partial charge is 0.313 e. The van der Waals surface area contributed by atoms with Crippen molar-refractivity contribution in [3.63, 3.8) is 0 Å². The third-order valence-electron chi connectivity index (χ3n) is 2.80. The number of oxazole rings is 1. The molecule has 0 bridgehead atoms. The summed E-state index contributed by atoms with van der Waals surface area (Å²) in [6, 6.07) is 5.17. The minimum atomic E-state index is -0.680. The Bertz CT molecular complexity index is 714. The molecule has 0 radical (unpaired) electrons. The van der Waals surface area contributed by atoms with Gasteiger partial charge in [0, 0.05) is 17.8 Å². The summed E-state index contributed by atoms with van der Waals surface area (Å²) in [5.74, 6) is -1.29. The van der Waals surface area contributed by atoms with Gasteiger partial charge in [0.2, 0.25) is 0 Å². The predicted octanol–water partition coefficient (Wildman–Crippen LogP) is 1.71. The summed E-state index contributed by atoms with van der Waals surface area (Å²) in [5, 5.41) is 5.14. The molecule has 1 aromatic heterocycles. The van der Waals surface area contributed by atoms with Crippen LogP contribution in [0.2, 0.25) is 0 Å². The van der Waals surface area contributed by atoms with Crippen molar-refractivity contribution in [2.45, 2.75) is 18.9 Å². The van der Waals surface area contributed by atoms with Crippen LogP contribution in [-0.4, -0.2) is 22.8 Å². The van der Waals surface area contributed by atoms with Crippen LogP contribution in [0, 0.1) is 4.84 Å². The van der Waals surface area contributed by atoms with Crippen LogP contribution in [0.25, 0.3) is 11.1 Å². The Morgan fingerprint density at radius 3 is 2.84 bits per heavy atom. The van der Waals surface area contributed by atoms with Gasteiger partial charge in [-0.2, -0.15) is 0 Å². The number of aromatic amines is 1. The Balaban J connectivity index is 1.74. The summed E-state index contributed by atoms with van der Waals surface area (Å²) in [6.07, 6.45) is 1.88. The normalized spacial score (nSPS) is 14.3. The van der Waals surface area contributed by atoms with E-state index in [4.69, 9.17) is 16.6 Å². The van der Waals surface area contributed by atoms with E-state index in [1.807, 2.05) is 0 Å². The van der Waals surface area contributed by atoms with E-state index < -0.39 is 11.8 Å². The molecule has 7 heteroatoms. The van der Waals surface area contributed by atoms with Gasteiger partial charge in [-0.05, 0) is 37.2 Å². The largest absolute Gasteiger partial charge is 0.429 e. The zero-order chi connectivity index (χ0) is 13.4. The van der Waals surface area contributed by atoms with E-state index in [0.717, 1.165) is 18.4 Å². The summed E-state index contributed by atoms with van der Waals surface area (Å²) in [5.41, 5.74) is 1.76. The fourth-order valence-electron chi connectivity index (χ4n) is 1.69. The molecule has 1 saturated carbocycles. The Hall–Kier alpha value is -2.15. The molecule has 1 aliphatic rings. The van der Waals surface area contributed by atoms with Crippen LogP contribution >= 0.6 is 12.2 Å². The van der Waals surface area contributed by atoms with Crippen molar-refractivity contribution in [3.05, 3.63) is 23.0 Å². The number of anilines is 1. The van der Waals surface area contributed by atoms with Crippen molar-refractivity contribution in [1.82, 2.24) is 10.3 Å². The first-order chi connectivity index (χ1) is 9.11. The first-order valence-electron chi connectivity index (χ1n) is 5.86. The molecule has 3 N–H and O–H groups in total. The first-order valence-corrected chi connectivity index (χ1v) is 6.27. The molecule has 0 saturated heterocycles. The highest BCUT2D eigenvalue weighted by Crippen LogP contribution is 2.20. The number of amides is 2. The summed E-state index contributed by atoms with van der Waals surface area (Å²) in [4.78, 5) is 26.3. The number of rotatable bonds is 2. The quantitative estimate of drug-likeness (QED) is 0.576. The van der Waals surface area contributed by atoms with E-state index in [1.54, 1.807) is 18.2 Å². The van der Waals surface area contributed by atoms with Gasteiger partial charge in [-0.25, -0.2) is 0 Å². The number of aromatic nitrogens is 1. The molecule has 1 fully saturated rings. The molecule has 3 rings (SSSR count). The van der Waals surface area contributed by atoms with Crippen molar-refractivity contribution < 1.29 is 14.0 Å². The molecular weight excluding hydrogens is 266 g/mol. The molecule has 0 unspecified atom stereocenters. The maximum absolute atomic E-state index is 11.6. The van der Waals surface area contributed by atoms with Crippen LogP contribution in [-0.2, 0) is 9.59 Å². The van der Waals surface area contributed by atoms with Crippen LogP contribution in [0.5, 0.6) is 0 Å². The van der Waals surface area contributed by atoms with Crippen molar-refractivity contribution >= 4 is 40.8 Å². The molecule has 0 aliphatic heterocycles. The summed E-state index contributed by atoms with van der Waals surface area (Å²) in [7, 11) is 0. The van der Waals surface area contributed by atoms with Gasteiger partial charge in [0.25, 0.3) is 4.84 Å². The molecule has 2 aromatic rings. The van der Waals surface area contributed by atoms with Crippen molar-refractivity contribution in [1.29, 1.82) is 0 Å². The third-order valence-corrected chi connectivity index (χ3v) is 2.98. The summed E-state index contributed by atoms with van der Waals surface area (Å²) >= 11 is 4.87. The SMILES string of the molecule is O=C(Nc1ccc2[nH]c(=S)oc2c1)C(=O)NC1CC1. The van der Waals surface area contributed by atoms with E-state index in [1.165, 1.54) is 0 Å². The Morgan fingerprint density at radius 2 is 2.11 bits per heavy atom. The number of benzene rings is 1. The van der Waals surface area contributed by atoms with Gasteiger partial charge >= 0.3 is 11.8 Å². The molecule has 0 atom stereocenters. The van der Waals surface area contributed by atoms with Crippen LogP contribution in [0.15, 0.2) is 22.6 Å². The minimum Gasteiger partial charge on any atom is -0.429 e. The van der Waals surface area contributed by atoms with Gasteiger partial charge in [0.1, 0.15) is 0 Å². The van der Waals surface area contributed by atoms with Crippen molar-refractivity contribution in [2.75, 3.05) is 5.32 Å². The van der Waals surface area contributed by atoms with E-state index in [-0.39, 0.29) is 10.9 Å². The maximum Gasteiger partial charge on any atom is 0.313 e. The lowest BCUT2D eigenvalue weighted by atomic mass is 10.3. The average Bonchev–Trinajstić information content (AvgIpc) is 3.08. The van der Waals surface area contributed by atoms with E-state index in [2.05, 4.69) is 15.6 Å². The zero-order valence-electron chi connectivity index (χ0n) is 9.86. The lowest BCUT2D eigenvalue weighted by Gasteiger charge is -2.05. The molecule has 1 aromatic carbocycles. The molecule has 2 amide bonds. The standard InChI is InChI=1S/C12H11N3O3S/c16-10(13-6-1-2-6)11(17)14-7-3-4-8-9(5-7)18-12(19)15-8/h3-6H,1-2H2,(H,13,16)(H,14,17)(H,15,19). The van der Waals surface area contributed by atoms with E-state index in [9.17, 15) is 9.59 Å². The fraction of sp³-hybridized carbons (Fsp3) is 0.250. The molecule has 19 heavy (non-hydrogen) atoms. The topological polar surface area (TPSA) is 87.1 Å². The average molecular weight is 277 g/mol. The fourth-order valence-corrected chi connectivity index (χ4v) is 1.89. The van der Waals surface area contributed by atoms with Crippen LogP contribution < -0.4 is 10.6 Å². The summed E-state index contributed by atoms with van der Waals surface area (Å²) < 4.78 is 5.23. The number of carbonyl (C=O) groups is 2. The number of carbonyl (C=O) groups excluding carboxylic acids is 2. The highest BCUT2D eigenvalue weighted by atomic mass is 32.1. The van der Waals surface area contributed by atoms with Gasteiger partial charge in [0.15, 0.2) is 5.58 Å². The third kappa shape index (κ3) is 2.65. The number of hydrogen-bond donors (Lipinski definition) is 3. The van der Waals surface area contributed by atoms with Gasteiger partial charge in [-0.15, -0.1) is 0 Å². The number of nitrogens with one attached hydrogen (secondary N) is 3.